The van der Waals surface area contributed by atoms with E-state index in [0.29, 0.717) is 30.5 Å². The zero-order chi connectivity index (χ0) is 21.5. The van der Waals surface area contributed by atoms with Crippen molar-refractivity contribution in [1.29, 1.82) is 0 Å². The average Bonchev–Trinajstić information content (AvgIpc) is 3.23. The molecule has 2 aromatic carbocycles. The number of hydrogen-bond donors (Lipinski definition) is 2. The smallest absolute Gasteiger partial charge is 0.225 e. The summed E-state index contributed by atoms with van der Waals surface area (Å²) in [6.07, 6.45) is 1.99. The SMILES string of the molecule is CCOc1cc(Br)c(CC(=O)NC(C)c2ncc(-c3ccccc3)[nH]2)cc1OCC. The molecule has 0 bridgehead atoms. The molecule has 0 aliphatic carbocycles. The minimum Gasteiger partial charge on any atom is -0.490 e. The first-order chi connectivity index (χ1) is 14.5. The summed E-state index contributed by atoms with van der Waals surface area (Å²) in [5.74, 6) is 1.90. The summed E-state index contributed by atoms with van der Waals surface area (Å²) >= 11 is 3.54. The predicted octanol–water partition coefficient (Wildman–Crippen LogP) is 5.06. The number of carbonyl (C=O) groups excluding carboxylic acids is 1. The second kappa shape index (κ2) is 10.3. The van der Waals surface area contributed by atoms with Gasteiger partial charge in [0.2, 0.25) is 5.91 Å². The predicted molar refractivity (Wildman–Crippen MR) is 121 cm³/mol. The first kappa shape index (κ1) is 21.9. The lowest BCUT2D eigenvalue weighted by atomic mass is 10.1. The number of aromatic nitrogens is 2. The van der Waals surface area contributed by atoms with Crippen LogP contribution in [0, 0.1) is 0 Å². The largest absolute Gasteiger partial charge is 0.490 e. The summed E-state index contributed by atoms with van der Waals surface area (Å²) in [6, 6.07) is 13.4. The number of nitrogens with one attached hydrogen (secondary N) is 2. The van der Waals surface area contributed by atoms with Crippen molar-refractivity contribution < 1.29 is 14.3 Å². The van der Waals surface area contributed by atoms with Crippen LogP contribution in [0.2, 0.25) is 0 Å². The number of nitrogens with zero attached hydrogens (tertiary/aromatic N) is 1. The fraction of sp³-hybridized carbons (Fsp3) is 0.304. The van der Waals surface area contributed by atoms with E-state index >= 15 is 0 Å². The quantitative estimate of drug-likeness (QED) is 0.457. The Hall–Kier alpha value is -2.80. The van der Waals surface area contributed by atoms with Crippen LogP contribution in [0.1, 0.15) is 38.2 Å². The number of rotatable bonds is 9. The molecule has 0 radical (unpaired) electrons. The van der Waals surface area contributed by atoms with Crippen LogP contribution in [-0.2, 0) is 11.2 Å². The number of benzene rings is 2. The molecule has 3 rings (SSSR count). The van der Waals surface area contributed by atoms with Crippen LogP contribution >= 0.6 is 15.9 Å². The van der Waals surface area contributed by atoms with E-state index < -0.39 is 0 Å². The number of halogens is 1. The van der Waals surface area contributed by atoms with Crippen LogP contribution in [0.25, 0.3) is 11.3 Å². The van der Waals surface area contributed by atoms with Gasteiger partial charge >= 0.3 is 0 Å². The van der Waals surface area contributed by atoms with Gasteiger partial charge in [-0.05, 0) is 44.0 Å². The highest BCUT2D eigenvalue weighted by Crippen LogP contribution is 2.34. The van der Waals surface area contributed by atoms with E-state index in [1.807, 2.05) is 63.2 Å². The second-order valence-electron chi connectivity index (χ2n) is 6.77. The van der Waals surface area contributed by atoms with E-state index in [2.05, 4.69) is 31.2 Å². The minimum atomic E-state index is -0.247. The van der Waals surface area contributed by atoms with Gasteiger partial charge in [-0.3, -0.25) is 4.79 Å². The standard InChI is InChI=1S/C23H26BrN3O3/c1-4-29-20-11-17(18(24)13-21(20)30-5-2)12-22(28)26-15(3)23-25-14-19(27-23)16-9-7-6-8-10-16/h6-11,13-15H,4-5,12H2,1-3H3,(H,25,27)(H,26,28). The number of amides is 1. The number of carbonyl (C=O) groups is 1. The van der Waals surface area contributed by atoms with Crippen molar-refractivity contribution in [3.8, 4) is 22.8 Å². The van der Waals surface area contributed by atoms with E-state index in [-0.39, 0.29) is 18.4 Å². The summed E-state index contributed by atoms with van der Waals surface area (Å²) in [4.78, 5) is 20.4. The fourth-order valence-electron chi connectivity index (χ4n) is 3.10. The van der Waals surface area contributed by atoms with E-state index in [1.54, 1.807) is 6.20 Å². The van der Waals surface area contributed by atoms with Gasteiger partial charge in [0.1, 0.15) is 5.82 Å². The molecule has 6 nitrogen and oxygen atoms in total. The van der Waals surface area contributed by atoms with Gasteiger partial charge in [0.05, 0.1) is 37.6 Å². The monoisotopic (exact) mass is 471 g/mol. The highest BCUT2D eigenvalue weighted by molar-refractivity contribution is 9.10. The third-order valence-corrected chi connectivity index (χ3v) is 5.27. The Labute approximate surface area is 185 Å². The molecule has 0 saturated heterocycles. The molecule has 0 saturated carbocycles. The molecule has 7 heteroatoms. The molecule has 1 atom stereocenters. The van der Waals surface area contributed by atoms with Crippen LogP contribution in [0.15, 0.2) is 53.1 Å². The summed E-state index contributed by atoms with van der Waals surface area (Å²) in [7, 11) is 0. The van der Waals surface area contributed by atoms with Crippen LogP contribution in [0.4, 0.5) is 0 Å². The van der Waals surface area contributed by atoms with Gasteiger partial charge in [0.25, 0.3) is 0 Å². The molecule has 0 fully saturated rings. The first-order valence-corrected chi connectivity index (χ1v) is 10.8. The minimum absolute atomic E-state index is 0.104. The molecule has 0 spiro atoms. The summed E-state index contributed by atoms with van der Waals surface area (Å²) in [6.45, 7) is 6.80. The molecular weight excluding hydrogens is 446 g/mol. The topological polar surface area (TPSA) is 76.2 Å². The van der Waals surface area contributed by atoms with Crippen molar-refractivity contribution in [3.05, 3.63) is 64.5 Å². The molecule has 0 aliphatic rings. The van der Waals surface area contributed by atoms with Crippen LogP contribution < -0.4 is 14.8 Å². The van der Waals surface area contributed by atoms with E-state index in [1.165, 1.54) is 0 Å². The Kier molecular flexibility index (Phi) is 7.52. The van der Waals surface area contributed by atoms with Gasteiger partial charge in [-0.1, -0.05) is 46.3 Å². The van der Waals surface area contributed by atoms with Crippen molar-refractivity contribution in [1.82, 2.24) is 15.3 Å². The lowest BCUT2D eigenvalue weighted by Crippen LogP contribution is -2.28. The van der Waals surface area contributed by atoms with Crippen LogP contribution in [0.3, 0.4) is 0 Å². The zero-order valence-electron chi connectivity index (χ0n) is 17.4. The number of H-pyrrole nitrogens is 1. The molecular formula is C23H26BrN3O3. The fourth-order valence-corrected chi connectivity index (χ4v) is 3.57. The summed E-state index contributed by atoms with van der Waals surface area (Å²) in [5.41, 5.74) is 2.80. The number of hydrogen-bond acceptors (Lipinski definition) is 4. The number of aromatic amines is 1. The Bertz CT molecular complexity index is 989. The summed E-state index contributed by atoms with van der Waals surface area (Å²) < 4.78 is 12.1. The van der Waals surface area contributed by atoms with Crippen molar-refractivity contribution in [2.45, 2.75) is 33.2 Å². The van der Waals surface area contributed by atoms with Crippen molar-refractivity contribution in [2.24, 2.45) is 0 Å². The normalized spacial score (nSPS) is 11.7. The Morgan fingerprint density at radius 1 is 1.13 bits per heavy atom. The maximum Gasteiger partial charge on any atom is 0.225 e. The van der Waals surface area contributed by atoms with Crippen molar-refractivity contribution in [3.63, 3.8) is 0 Å². The first-order valence-electron chi connectivity index (χ1n) is 9.99. The molecule has 2 N–H and O–H groups in total. The molecule has 3 aromatic rings. The molecule has 30 heavy (non-hydrogen) atoms. The second-order valence-corrected chi connectivity index (χ2v) is 7.62. The van der Waals surface area contributed by atoms with Gasteiger partial charge in [0, 0.05) is 4.47 Å². The van der Waals surface area contributed by atoms with Crippen LogP contribution in [-0.4, -0.2) is 29.1 Å². The highest BCUT2D eigenvalue weighted by Gasteiger charge is 2.17. The van der Waals surface area contributed by atoms with Crippen molar-refractivity contribution in [2.75, 3.05) is 13.2 Å². The Morgan fingerprint density at radius 3 is 2.47 bits per heavy atom. The number of ether oxygens (including phenoxy) is 2. The summed E-state index contributed by atoms with van der Waals surface area (Å²) in [5, 5.41) is 3.00. The van der Waals surface area contributed by atoms with Gasteiger partial charge in [-0.15, -0.1) is 0 Å². The highest BCUT2D eigenvalue weighted by atomic mass is 79.9. The molecule has 0 aliphatic heterocycles. The van der Waals surface area contributed by atoms with E-state index in [9.17, 15) is 4.79 Å². The molecule has 1 unspecified atom stereocenters. The zero-order valence-corrected chi connectivity index (χ0v) is 19.0. The van der Waals surface area contributed by atoms with Gasteiger partial charge in [0.15, 0.2) is 11.5 Å². The van der Waals surface area contributed by atoms with E-state index in [0.717, 1.165) is 21.3 Å². The maximum atomic E-state index is 12.7. The average molecular weight is 472 g/mol. The van der Waals surface area contributed by atoms with Gasteiger partial charge in [-0.25, -0.2) is 4.98 Å². The lowest BCUT2D eigenvalue weighted by molar-refractivity contribution is -0.121. The third-order valence-electron chi connectivity index (χ3n) is 4.53. The van der Waals surface area contributed by atoms with Crippen molar-refractivity contribution >= 4 is 21.8 Å². The maximum absolute atomic E-state index is 12.7. The molecule has 158 valence electrons. The van der Waals surface area contributed by atoms with Crippen LogP contribution in [0.5, 0.6) is 11.5 Å². The molecule has 1 amide bonds. The van der Waals surface area contributed by atoms with Gasteiger partial charge < -0.3 is 19.8 Å². The Balaban J connectivity index is 1.68. The van der Waals surface area contributed by atoms with Gasteiger partial charge in [-0.2, -0.15) is 0 Å². The molecule has 1 heterocycles. The Morgan fingerprint density at radius 2 is 1.80 bits per heavy atom. The van der Waals surface area contributed by atoms with E-state index in [4.69, 9.17) is 9.47 Å². The lowest BCUT2D eigenvalue weighted by Gasteiger charge is -2.15. The third kappa shape index (κ3) is 5.42. The number of imidazole rings is 1. The molecule has 1 aromatic heterocycles.